The van der Waals surface area contributed by atoms with Crippen molar-refractivity contribution in [2.24, 2.45) is 0 Å². The monoisotopic (exact) mass is 550 g/mol. The van der Waals surface area contributed by atoms with Crippen LogP contribution in [0.2, 0.25) is 0 Å². The van der Waals surface area contributed by atoms with Crippen LogP contribution in [0.3, 0.4) is 0 Å². The predicted octanol–water partition coefficient (Wildman–Crippen LogP) is 6.24. The van der Waals surface area contributed by atoms with E-state index in [1.54, 1.807) is 6.26 Å². The first-order valence-electron chi connectivity index (χ1n) is 12.7. The van der Waals surface area contributed by atoms with Crippen LogP contribution in [0, 0.1) is 0 Å². The lowest BCUT2D eigenvalue weighted by molar-refractivity contribution is 0.306. The van der Waals surface area contributed by atoms with Gasteiger partial charge in [0, 0.05) is 6.04 Å². The fourth-order valence-corrected chi connectivity index (χ4v) is 6.26. The second-order valence-electron chi connectivity index (χ2n) is 10.1. The predicted molar refractivity (Wildman–Crippen MR) is 150 cm³/mol. The van der Waals surface area contributed by atoms with Gasteiger partial charge in [-0.25, -0.2) is 18.1 Å². The van der Waals surface area contributed by atoms with Crippen molar-refractivity contribution in [3.63, 3.8) is 0 Å². The molecule has 0 radical (unpaired) electrons. The summed E-state index contributed by atoms with van der Waals surface area (Å²) in [6.45, 7) is 0.510. The summed E-state index contributed by atoms with van der Waals surface area (Å²) in [5.74, 6) is 1.70. The van der Waals surface area contributed by atoms with Gasteiger partial charge in [-0.2, -0.15) is 0 Å². The Morgan fingerprint density at radius 3 is 2.50 bits per heavy atom. The summed E-state index contributed by atoms with van der Waals surface area (Å²) in [5.41, 5.74) is 4.65. The maximum Gasteiger partial charge on any atom is 0.208 e. The van der Waals surface area contributed by atoms with Gasteiger partial charge in [-0.3, -0.25) is 0 Å². The van der Waals surface area contributed by atoms with E-state index in [0.29, 0.717) is 37.5 Å². The van der Waals surface area contributed by atoms with Crippen LogP contribution in [0.15, 0.2) is 89.5 Å². The summed E-state index contributed by atoms with van der Waals surface area (Å²) in [6.07, 6.45) is 5.55. The minimum atomic E-state index is -3.32. The average Bonchev–Trinajstić information content (AvgIpc) is 3.56. The van der Waals surface area contributed by atoms with E-state index in [0.717, 1.165) is 34.4 Å². The number of benzene rings is 3. The van der Waals surface area contributed by atoms with E-state index in [2.05, 4.69) is 46.1 Å². The second-order valence-corrected chi connectivity index (χ2v) is 12.1. The summed E-state index contributed by atoms with van der Waals surface area (Å²) >= 11 is 6.00. The van der Waals surface area contributed by atoms with Gasteiger partial charge < -0.3 is 9.15 Å². The Morgan fingerprint density at radius 1 is 1.03 bits per heavy atom. The van der Waals surface area contributed by atoms with Crippen LogP contribution in [-0.4, -0.2) is 25.7 Å². The molecule has 6 nitrogen and oxygen atoms in total. The lowest BCUT2D eigenvalue weighted by Crippen LogP contribution is -2.35. The maximum absolute atomic E-state index is 11.9. The first-order chi connectivity index (χ1) is 18.3. The normalized spacial score (nSPS) is 19.5. The number of alkyl halides is 1. The Morgan fingerprint density at radius 2 is 1.76 bits per heavy atom. The van der Waals surface area contributed by atoms with Crippen LogP contribution in [0.4, 0.5) is 0 Å². The third-order valence-electron chi connectivity index (χ3n) is 7.02. The molecule has 5 rings (SSSR count). The van der Waals surface area contributed by atoms with E-state index in [1.165, 1.54) is 6.26 Å². The molecule has 1 aliphatic carbocycles. The fraction of sp³-hybridized carbons (Fsp3) is 0.300. The molecule has 0 bridgehead atoms. The van der Waals surface area contributed by atoms with Crippen LogP contribution < -0.4 is 9.46 Å². The molecule has 4 aromatic rings. The maximum atomic E-state index is 11.9. The minimum absolute atomic E-state index is 0.169. The largest absolute Gasteiger partial charge is 0.489 e. The second kappa shape index (κ2) is 11.3. The Labute approximate surface area is 229 Å². The minimum Gasteiger partial charge on any atom is -0.489 e. The van der Waals surface area contributed by atoms with Crippen molar-refractivity contribution in [2.45, 2.75) is 49.6 Å². The van der Waals surface area contributed by atoms with Gasteiger partial charge in [0.25, 0.3) is 0 Å². The number of hydrogen-bond donors (Lipinski definition) is 1. The van der Waals surface area contributed by atoms with Gasteiger partial charge in [0.2, 0.25) is 15.9 Å². The van der Waals surface area contributed by atoms with Crippen molar-refractivity contribution in [3.8, 4) is 16.9 Å². The molecule has 1 saturated carbocycles. The van der Waals surface area contributed by atoms with Gasteiger partial charge in [-0.1, -0.05) is 66.7 Å². The number of aromatic nitrogens is 1. The summed E-state index contributed by atoms with van der Waals surface area (Å²) in [4.78, 5) is 4.66. The first kappa shape index (κ1) is 26.5. The topological polar surface area (TPSA) is 81.4 Å². The molecular weight excluding hydrogens is 520 g/mol. The molecule has 38 heavy (non-hydrogen) atoms. The van der Waals surface area contributed by atoms with Crippen molar-refractivity contribution < 1.29 is 17.6 Å². The molecule has 3 aromatic carbocycles. The SMILES string of the molecule is CS(=O)(=O)N[C@H]1CC[C@](Cc2cccc(-c3cccc(OCc4ccccc4)c3)c2)(c2nc(CCl)co2)C1. The van der Waals surface area contributed by atoms with Gasteiger partial charge in [0.1, 0.15) is 18.6 Å². The zero-order chi connectivity index (χ0) is 26.6. The highest BCUT2D eigenvalue weighted by Gasteiger charge is 2.45. The summed E-state index contributed by atoms with van der Waals surface area (Å²) in [7, 11) is -3.32. The molecule has 1 aromatic heterocycles. The lowest BCUT2D eigenvalue weighted by atomic mass is 9.79. The van der Waals surface area contributed by atoms with Gasteiger partial charge >= 0.3 is 0 Å². The van der Waals surface area contributed by atoms with E-state index >= 15 is 0 Å². The number of hydrogen-bond acceptors (Lipinski definition) is 5. The molecular formula is C30H31ClN2O4S. The van der Waals surface area contributed by atoms with E-state index in [-0.39, 0.29) is 11.9 Å². The van der Waals surface area contributed by atoms with E-state index in [1.807, 2.05) is 42.5 Å². The number of nitrogens with zero attached hydrogens (tertiary/aromatic N) is 1. The van der Waals surface area contributed by atoms with Crippen LogP contribution in [0.25, 0.3) is 11.1 Å². The van der Waals surface area contributed by atoms with Gasteiger partial charge in [-0.15, -0.1) is 11.6 Å². The van der Waals surface area contributed by atoms with Crippen molar-refractivity contribution in [3.05, 3.63) is 108 Å². The van der Waals surface area contributed by atoms with Gasteiger partial charge in [-0.05, 0) is 60.1 Å². The smallest absolute Gasteiger partial charge is 0.208 e. The Bertz CT molecular complexity index is 1490. The zero-order valence-electron chi connectivity index (χ0n) is 21.3. The van der Waals surface area contributed by atoms with Gasteiger partial charge in [0.05, 0.1) is 23.2 Å². The quantitative estimate of drug-likeness (QED) is 0.236. The molecule has 0 aliphatic heterocycles. The average molecular weight is 551 g/mol. The molecule has 0 spiro atoms. The molecule has 198 valence electrons. The van der Waals surface area contributed by atoms with E-state index in [4.69, 9.17) is 20.8 Å². The van der Waals surface area contributed by atoms with Crippen LogP contribution >= 0.6 is 11.6 Å². The Balaban J connectivity index is 1.38. The number of halogens is 1. The molecule has 0 unspecified atom stereocenters. The van der Waals surface area contributed by atoms with Crippen LogP contribution in [-0.2, 0) is 34.3 Å². The molecule has 1 heterocycles. The molecule has 1 aliphatic rings. The fourth-order valence-electron chi connectivity index (χ4n) is 5.33. The van der Waals surface area contributed by atoms with Crippen molar-refractivity contribution in [1.82, 2.24) is 9.71 Å². The Hall–Kier alpha value is -3.13. The lowest BCUT2D eigenvalue weighted by Gasteiger charge is -2.26. The van der Waals surface area contributed by atoms with E-state index < -0.39 is 15.4 Å². The number of oxazole rings is 1. The first-order valence-corrected chi connectivity index (χ1v) is 15.1. The molecule has 0 amide bonds. The molecule has 1 N–H and O–H groups in total. The number of ether oxygens (including phenoxy) is 1. The number of rotatable bonds is 10. The van der Waals surface area contributed by atoms with Crippen LogP contribution in [0.1, 0.15) is 42.0 Å². The summed E-state index contributed by atoms with van der Waals surface area (Å²) in [6, 6.07) is 26.5. The van der Waals surface area contributed by atoms with Crippen molar-refractivity contribution in [2.75, 3.05) is 6.26 Å². The molecule has 8 heteroatoms. The zero-order valence-corrected chi connectivity index (χ0v) is 22.8. The highest BCUT2D eigenvalue weighted by atomic mass is 35.5. The van der Waals surface area contributed by atoms with Gasteiger partial charge in [0.15, 0.2) is 0 Å². The highest BCUT2D eigenvalue weighted by molar-refractivity contribution is 7.88. The highest BCUT2D eigenvalue weighted by Crippen LogP contribution is 2.44. The third kappa shape index (κ3) is 6.46. The summed E-state index contributed by atoms with van der Waals surface area (Å²) in [5, 5.41) is 0. The van der Waals surface area contributed by atoms with E-state index in [9.17, 15) is 8.42 Å². The number of sulfonamides is 1. The summed E-state index contributed by atoms with van der Waals surface area (Å²) < 4.78 is 38.6. The molecule has 0 saturated heterocycles. The third-order valence-corrected chi connectivity index (χ3v) is 8.05. The standard InChI is InChI=1S/C30H31ClN2O4S/c1-38(34,35)33-26-13-14-30(18-26,29-32-27(19-31)21-37-29)17-23-9-5-10-24(15-23)25-11-6-12-28(16-25)36-20-22-7-3-2-4-8-22/h2-12,15-16,21,26,33H,13-14,17-20H2,1H3/t26-,30+/m0/s1. The number of nitrogens with one attached hydrogen (secondary N) is 1. The van der Waals surface area contributed by atoms with Crippen molar-refractivity contribution >= 4 is 21.6 Å². The Kier molecular flexibility index (Phi) is 7.88. The van der Waals surface area contributed by atoms with Crippen LogP contribution in [0.5, 0.6) is 5.75 Å². The molecule has 2 atom stereocenters. The van der Waals surface area contributed by atoms with Crippen molar-refractivity contribution in [1.29, 1.82) is 0 Å². The molecule has 1 fully saturated rings.